The largest absolute Gasteiger partial charge is 0.0622 e. The van der Waals surface area contributed by atoms with Gasteiger partial charge in [-0.25, -0.2) is 0 Å². The van der Waals surface area contributed by atoms with Gasteiger partial charge in [0.15, 0.2) is 0 Å². The van der Waals surface area contributed by atoms with Crippen LogP contribution in [0.3, 0.4) is 0 Å². The molecule has 0 aliphatic carbocycles. The lowest BCUT2D eigenvalue weighted by molar-refractivity contribution is 1.13. The van der Waals surface area contributed by atoms with Gasteiger partial charge in [-0.15, -0.1) is 0 Å². The molecule has 0 heterocycles. The minimum Gasteiger partial charge on any atom is -0.0622 e. The molecule has 0 radical (unpaired) electrons. The highest BCUT2D eigenvalue weighted by molar-refractivity contribution is 5.62. The predicted octanol–water partition coefficient (Wildman–Crippen LogP) is 7.25. The Labute approximate surface area is 163 Å². The van der Waals surface area contributed by atoms with Gasteiger partial charge in [0.25, 0.3) is 0 Å². The first-order valence-electron chi connectivity index (χ1n) is 9.43. The molecule has 0 heteroatoms. The molecule has 27 heavy (non-hydrogen) atoms. The first-order chi connectivity index (χ1) is 13.2. The van der Waals surface area contributed by atoms with Gasteiger partial charge < -0.3 is 0 Å². The SMILES string of the molecule is Cc1ccccc1Cc1ccccc1C.c1ccc(-c2ccccc2)cc1. The van der Waals surface area contributed by atoms with E-state index >= 15 is 0 Å². The molecule has 0 amide bonds. The third-order valence-corrected chi connectivity index (χ3v) is 4.78. The molecule has 4 aromatic rings. The van der Waals surface area contributed by atoms with Gasteiger partial charge in [-0.1, -0.05) is 109 Å². The lowest BCUT2D eigenvalue weighted by atomic mass is 9.98. The summed E-state index contributed by atoms with van der Waals surface area (Å²) in [6.45, 7) is 4.35. The van der Waals surface area contributed by atoms with Crippen LogP contribution in [0.1, 0.15) is 22.3 Å². The maximum Gasteiger partial charge on any atom is -0.00205 e. The first-order valence-corrected chi connectivity index (χ1v) is 9.43. The summed E-state index contributed by atoms with van der Waals surface area (Å²) >= 11 is 0. The third kappa shape index (κ3) is 5.43. The molecule has 0 fully saturated rings. The van der Waals surface area contributed by atoms with Gasteiger partial charge in [0.1, 0.15) is 0 Å². The van der Waals surface area contributed by atoms with Gasteiger partial charge in [-0.3, -0.25) is 0 Å². The first kappa shape index (κ1) is 18.7. The fourth-order valence-corrected chi connectivity index (χ4v) is 3.08. The Morgan fingerprint density at radius 2 is 0.741 bits per heavy atom. The number of hydrogen-bond donors (Lipinski definition) is 0. The quantitative estimate of drug-likeness (QED) is 0.365. The van der Waals surface area contributed by atoms with E-state index in [0.29, 0.717) is 0 Å². The van der Waals surface area contributed by atoms with E-state index in [1.54, 1.807) is 0 Å². The molecule has 0 aliphatic heterocycles. The summed E-state index contributed by atoms with van der Waals surface area (Å²) in [5.74, 6) is 0. The van der Waals surface area contributed by atoms with E-state index in [9.17, 15) is 0 Å². The summed E-state index contributed by atoms with van der Waals surface area (Å²) in [6, 6.07) is 38.0. The standard InChI is InChI=1S/C15H16.C12H10/c1-12-7-3-5-9-14(12)11-15-10-6-4-8-13(15)2;1-3-7-11(8-4-1)12-9-5-2-6-10-12/h3-10H,11H2,1-2H3;1-10H. The predicted molar refractivity (Wildman–Crippen MR) is 117 cm³/mol. The Kier molecular flexibility index (Phi) is 6.60. The van der Waals surface area contributed by atoms with Crippen molar-refractivity contribution >= 4 is 0 Å². The Balaban J connectivity index is 0.000000159. The van der Waals surface area contributed by atoms with Crippen molar-refractivity contribution in [3.05, 3.63) is 131 Å². The van der Waals surface area contributed by atoms with Crippen molar-refractivity contribution < 1.29 is 0 Å². The van der Waals surface area contributed by atoms with Crippen molar-refractivity contribution in [1.29, 1.82) is 0 Å². The summed E-state index contributed by atoms with van der Waals surface area (Å²) in [6.07, 6.45) is 1.04. The maximum atomic E-state index is 2.21. The van der Waals surface area contributed by atoms with Crippen molar-refractivity contribution in [2.75, 3.05) is 0 Å². The fraction of sp³-hybridized carbons (Fsp3) is 0.111. The molecule has 4 aromatic carbocycles. The smallest absolute Gasteiger partial charge is 0.00205 e. The van der Waals surface area contributed by atoms with Gasteiger partial charge in [0.05, 0.1) is 0 Å². The van der Waals surface area contributed by atoms with E-state index in [0.717, 1.165) is 6.42 Å². The van der Waals surface area contributed by atoms with Crippen LogP contribution >= 0.6 is 0 Å². The van der Waals surface area contributed by atoms with Crippen molar-refractivity contribution in [1.82, 2.24) is 0 Å². The Bertz CT molecular complexity index is 872. The van der Waals surface area contributed by atoms with Gasteiger partial charge in [-0.05, 0) is 53.6 Å². The summed E-state index contributed by atoms with van der Waals surface area (Å²) < 4.78 is 0. The third-order valence-electron chi connectivity index (χ3n) is 4.78. The highest BCUT2D eigenvalue weighted by atomic mass is 14.1. The van der Waals surface area contributed by atoms with Crippen LogP contribution in [0.4, 0.5) is 0 Å². The van der Waals surface area contributed by atoms with Gasteiger partial charge >= 0.3 is 0 Å². The van der Waals surface area contributed by atoms with E-state index in [1.807, 2.05) is 12.1 Å². The summed E-state index contributed by atoms with van der Waals surface area (Å²) in [7, 11) is 0. The number of aryl methyl sites for hydroxylation is 2. The molecule has 0 bridgehead atoms. The highest BCUT2D eigenvalue weighted by Gasteiger charge is 2.01. The summed E-state index contributed by atoms with van der Waals surface area (Å²) in [4.78, 5) is 0. The van der Waals surface area contributed by atoms with Crippen LogP contribution in [0.25, 0.3) is 11.1 Å². The van der Waals surface area contributed by atoms with Crippen molar-refractivity contribution in [2.45, 2.75) is 20.3 Å². The number of benzene rings is 4. The van der Waals surface area contributed by atoms with Crippen molar-refractivity contribution in [3.63, 3.8) is 0 Å². The molecular weight excluding hydrogens is 324 g/mol. The van der Waals surface area contributed by atoms with Crippen LogP contribution in [0.2, 0.25) is 0 Å². The minimum absolute atomic E-state index is 1.04. The Hall–Kier alpha value is -3.12. The molecular formula is C27H26. The molecule has 134 valence electrons. The molecule has 0 aliphatic rings. The van der Waals surface area contributed by atoms with Gasteiger partial charge in [0, 0.05) is 0 Å². The molecule has 0 saturated carbocycles. The fourth-order valence-electron chi connectivity index (χ4n) is 3.08. The highest BCUT2D eigenvalue weighted by Crippen LogP contribution is 2.17. The van der Waals surface area contributed by atoms with Gasteiger partial charge in [-0.2, -0.15) is 0 Å². The molecule has 0 N–H and O–H groups in total. The molecule has 0 unspecified atom stereocenters. The topological polar surface area (TPSA) is 0 Å². The van der Waals surface area contributed by atoms with E-state index in [4.69, 9.17) is 0 Å². The Morgan fingerprint density at radius 1 is 0.407 bits per heavy atom. The van der Waals surface area contributed by atoms with Crippen LogP contribution in [-0.2, 0) is 6.42 Å². The van der Waals surface area contributed by atoms with Crippen LogP contribution in [0.5, 0.6) is 0 Å². The van der Waals surface area contributed by atoms with E-state index in [1.165, 1.54) is 33.4 Å². The van der Waals surface area contributed by atoms with E-state index in [-0.39, 0.29) is 0 Å². The van der Waals surface area contributed by atoms with Crippen LogP contribution in [0.15, 0.2) is 109 Å². The number of rotatable bonds is 3. The lowest BCUT2D eigenvalue weighted by Gasteiger charge is -2.07. The molecule has 0 atom stereocenters. The molecule has 0 saturated heterocycles. The Morgan fingerprint density at radius 3 is 1.11 bits per heavy atom. The van der Waals surface area contributed by atoms with Crippen LogP contribution in [0, 0.1) is 13.8 Å². The molecule has 4 rings (SSSR count). The van der Waals surface area contributed by atoms with Crippen LogP contribution in [-0.4, -0.2) is 0 Å². The van der Waals surface area contributed by atoms with E-state index in [2.05, 4.69) is 111 Å². The molecule has 0 aromatic heterocycles. The summed E-state index contributed by atoms with van der Waals surface area (Å²) in [5, 5.41) is 0. The number of hydrogen-bond acceptors (Lipinski definition) is 0. The summed E-state index contributed by atoms with van der Waals surface area (Å²) in [5.41, 5.74) is 8.15. The monoisotopic (exact) mass is 350 g/mol. The second kappa shape index (κ2) is 9.54. The minimum atomic E-state index is 1.04. The zero-order valence-electron chi connectivity index (χ0n) is 16.1. The van der Waals surface area contributed by atoms with E-state index < -0.39 is 0 Å². The van der Waals surface area contributed by atoms with Crippen molar-refractivity contribution in [3.8, 4) is 11.1 Å². The average molecular weight is 351 g/mol. The second-order valence-corrected chi connectivity index (χ2v) is 6.76. The average Bonchev–Trinajstić information content (AvgIpc) is 2.73. The normalized spacial score (nSPS) is 10.0. The zero-order valence-corrected chi connectivity index (χ0v) is 16.1. The zero-order chi connectivity index (χ0) is 18.9. The second-order valence-electron chi connectivity index (χ2n) is 6.76. The lowest BCUT2D eigenvalue weighted by Crippen LogP contribution is -1.93. The molecule has 0 nitrogen and oxygen atoms in total. The maximum absolute atomic E-state index is 2.21. The van der Waals surface area contributed by atoms with Gasteiger partial charge in [0.2, 0.25) is 0 Å². The molecule has 0 spiro atoms. The van der Waals surface area contributed by atoms with Crippen molar-refractivity contribution in [2.24, 2.45) is 0 Å². The van der Waals surface area contributed by atoms with Crippen LogP contribution < -0.4 is 0 Å².